The summed E-state index contributed by atoms with van der Waals surface area (Å²) in [6, 6.07) is 10.3. The molecule has 0 saturated carbocycles. The highest BCUT2D eigenvalue weighted by atomic mass is 16.2. The molecule has 0 unspecified atom stereocenters. The summed E-state index contributed by atoms with van der Waals surface area (Å²) in [6.07, 6.45) is 1.67. The molecule has 0 radical (unpaired) electrons. The molecule has 4 aliphatic heterocycles. The molecule has 0 aliphatic carbocycles. The van der Waals surface area contributed by atoms with Crippen molar-refractivity contribution >= 4 is 34.9 Å². The van der Waals surface area contributed by atoms with E-state index < -0.39 is 17.4 Å². The Kier molecular flexibility index (Phi) is 4.06. The molecule has 33 heavy (non-hydrogen) atoms. The van der Waals surface area contributed by atoms with Gasteiger partial charge in [-0.3, -0.25) is 24.1 Å². The second-order valence-corrected chi connectivity index (χ2v) is 9.67. The molecule has 3 amide bonds. The molecule has 4 heterocycles. The van der Waals surface area contributed by atoms with Crippen LogP contribution in [0.2, 0.25) is 0 Å². The first kappa shape index (κ1) is 20.3. The summed E-state index contributed by atoms with van der Waals surface area (Å²) in [7, 11) is 0. The number of aryl methyl sites for hydroxylation is 1. The Morgan fingerprint density at radius 3 is 2.45 bits per heavy atom. The summed E-state index contributed by atoms with van der Waals surface area (Å²) in [5, 5.41) is 3.07. The number of nitrogens with one attached hydrogen (secondary N) is 1. The molecule has 4 atom stereocenters. The van der Waals surface area contributed by atoms with Crippen LogP contribution in [0.15, 0.2) is 36.4 Å². The van der Waals surface area contributed by atoms with Crippen molar-refractivity contribution in [3.63, 3.8) is 0 Å². The van der Waals surface area contributed by atoms with Crippen LogP contribution in [0.4, 0.5) is 11.4 Å². The summed E-state index contributed by atoms with van der Waals surface area (Å²) in [4.78, 5) is 56.4. The number of anilines is 2. The lowest BCUT2D eigenvalue weighted by atomic mass is 9.75. The zero-order valence-corrected chi connectivity index (χ0v) is 18.8. The van der Waals surface area contributed by atoms with Crippen molar-refractivity contribution < 1.29 is 19.2 Å². The van der Waals surface area contributed by atoms with E-state index in [-0.39, 0.29) is 29.5 Å². The number of ketones is 1. The Morgan fingerprint density at radius 2 is 1.76 bits per heavy atom. The minimum Gasteiger partial charge on any atom is -0.324 e. The number of rotatable bonds is 2. The lowest BCUT2D eigenvalue weighted by molar-refractivity contribution is -0.135. The molecule has 168 valence electrons. The molecule has 3 saturated heterocycles. The SMILES string of the molecule is CC(=O)c1ccc(N2C(=O)[C@H]3[C@@H](C2=O)[C@]2(C(=O)Nc4c2ccc(C)c4C)N2CCC[C@@H]32)cc1. The average Bonchev–Trinajstić information content (AvgIpc) is 3.50. The van der Waals surface area contributed by atoms with Crippen LogP contribution in [0.1, 0.15) is 46.8 Å². The largest absolute Gasteiger partial charge is 0.324 e. The molecule has 0 bridgehead atoms. The normalized spacial score (nSPS) is 30.1. The first-order valence-electron chi connectivity index (χ1n) is 11.5. The quantitative estimate of drug-likeness (QED) is 0.570. The van der Waals surface area contributed by atoms with Crippen LogP contribution in [0, 0.1) is 25.7 Å². The third-order valence-corrected chi connectivity index (χ3v) is 8.23. The number of benzene rings is 2. The van der Waals surface area contributed by atoms with Gasteiger partial charge >= 0.3 is 0 Å². The second-order valence-electron chi connectivity index (χ2n) is 9.67. The predicted molar refractivity (Wildman–Crippen MR) is 122 cm³/mol. The molecule has 0 aromatic heterocycles. The smallest absolute Gasteiger partial charge is 0.250 e. The summed E-state index contributed by atoms with van der Waals surface area (Å²) >= 11 is 0. The van der Waals surface area contributed by atoms with Crippen molar-refractivity contribution in [3.8, 4) is 0 Å². The summed E-state index contributed by atoms with van der Waals surface area (Å²) in [6.45, 7) is 6.14. The van der Waals surface area contributed by atoms with E-state index in [4.69, 9.17) is 0 Å². The Balaban J connectivity index is 1.52. The molecule has 3 fully saturated rings. The molecule has 7 heteroatoms. The van der Waals surface area contributed by atoms with Gasteiger partial charge in [-0.1, -0.05) is 12.1 Å². The molecule has 2 aromatic rings. The van der Waals surface area contributed by atoms with Gasteiger partial charge in [-0.2, -0.15) is 0 Å². The Labute approximate surface area is 191 Å². The van der Waals surface area contributed by atoms with E-state index in [0.29, 0.717) is 17.8 Å². The van der Waals surface area contributed by atoms with Gasteiger partial charge in [-0.05, 0) is 75.5 Å². The maximum atomic E-state index is 13.9. The number of amides is 3. The number of Topliss-reactive ketones (excluding diaryl/α,β-unsaturated/α-hetero) is 1. The zero-order chi connectivity index (χ0) is 23.2. The van der Waals surface area contributed by atoms with Gasteiger partial charge in [0.2, 0.25) is 17.7 Å². The summed E-state index contributed by atoms with van der Waals surface area (Å²) < 4.78 is 0. The lowest BCUT2D eigenvalue weighted by Crippen LogP contribution is -2.54. The van der Waals surface area contributed by atoms with Crippen molar-refractivity contribution in [1.29, 1.82) is 0 Å². The van der Waals surface area contributed by atoms with Crippen LogP contribution >= 0.6 is 0 Å². The first-order chi connectivity index (χ1) is 15.8. The van der Waals surface area contributed by atoms with E-state index in [1.807, 2.05) is 26.0 Å². The van der Waals surface area contributed by atoms with Gasteiger partial charge in [-0.25, -0.2) is 4.90 Å². The number of nitrogens with zero attached hydrogens (tertiary/aromatic N) is 2. The molecule has 4 aliphatic rings. The van der Waals surface area contributed by atoms with Crippen LogP contribution in [0.25, 0.3) is 0 Å². The van der Waals surface area contributed by atoms with Gasteiger partial charge in [0.25, 0.3) is 0 Å². The van der Waals surface area contributed by atoms with Crippen LogP contribution in [-0.4, -0.2) is 41.0 Å². The van der Waals surface area contributed by atoms with Gasteiger partial charge in [0, 0.05) is 22.9 Å². The lowest BCUT2D eigenvalue weighted by Gasteiger charge is -2.36. The van der Waals surface area contributed by atoms with Gasteiger partial charge in [0.05, 0.1) is 17.5 Å². The van der Waals surface area contributed by atoms with E-state index >= 15 is 0 Å². The maximum absolute atomic E-state index is 13.9. The Hall–Kier alpha value is -3.32. The molecule has 7 nitrogen and oxygen atoms in total. The summed E-state index contributed by atoms with van der Waals surface area (Å²) in [5.41, 5.74) is 3.44. The van der Waals surface area contributed by atoms with E-state index in [0.717, 1.165) is 35.2 Å². The third-order valence-electron chi connectivity index (χ3n) is 8.23. The van der Waals surface area contributed by atoms with Crippen molar-refractivity contribution in [1.82, 2.24) is 4.90 Å². The zero-order valence-electron chi connectivity index (χ0n) is 18.8. The van der Waals surface area contributed by atoms with Crippen molar-refractivity contribution in [2.45, 2.75) is 45.2 Å². The van der Waals surface area contributed by atoms with Crippen LogP contribution in [0.3, 0.4) is 0 Å². The average molecular weight is 444 g/mol. The molecule has 1 N–H and O–H groups in total. The number of fused-ring (bicyclic) bond motifs is 7. The maximum Gasteiger partial charge on any atom is 0.250 e. The number of hydrogen-bond acceptors (Lipinski definition) is 5. The first-order valence-corrected chi connectivity index (χ1v) is 11.5. The van der Waals surface area contributed by atoms with Gasteiger partial charge in [0.1, 0.15) is 5.54 Å². The van der Waals surface area contributed by atoms with E-state index in [1.54, 1.807) is 24.3 Å². The van der Waals surface area contributed by atoms with E-state index in [1.165, 1.54) is 11.8 Å². The van der Waals surface area contributed by atoms with Gasteiger partial charge < -0.3 is 5.32 Å². The molecular weight excluding hydrogens is 418 g/mol. The second kappa shape index (κ2) is 6.60. The monoisotopic (exact) mass is 443 g/mol. The van der Waals surface area contributed by atoms with Crippen LogP contribution in [-0.2, 0) is 19.9 Å². The minimum atomic E-state index is -1.17. The van der Waals surface area contributed by atoms with Crippen LogP contribution < -0.4 is 10.2 Å². The highest BCUT2D eigenvalue weighted by Gasteiger charge is 2.74. The predicted octanol–water partition coefficient (Wildman–Crippen LogP) is 2.94. The number of hydrogen-bond donors (Lipinski definition) is 1. The topological polar surface area (TPSA) is 86.8 Å². The fraction of sp³-hybridized carbons (Fsp3) is 0.385. The molecular formula is C26H25N3O4. The molecule has 2 aromatic carbocycles. The highest BCUT2D eigenvalue weighted by Crippen LogP contribution is 2.61. The molecule has 6 rings (SSSR count). The number of imide groups is 1. The number of carbonyl (C=O) groups is 4. The summed E-state index contributed by atoms with van der Waals surface area (Å²) in [5.74, 6) is -2.21. The van der Waals surface area contributed by atoms with Crippen molar-refractivity contribution in [2.75, 3.05) is 16.8 Å². The number of carbonyl (C=O) groups excluding carboxylic acids is 4. The van der Waals surface area contributed by atoms with Crippen molar-refractivity contribution in [3.05, 3.63) is 58.7 Å². The van der Waals surface area contributed by atoms with Crippen LogP contribution in [0.5, 0.6) is 0 Å². The standard InChI is InChI=1S/C26H25N3O4/c1-13-6-11-18-22(14(13)2)27-25(33)26(18)21-20(19-5-4-12-28(19)26)23(31)29(24(21)32)17-9-7-16(8-10-17)15(3)30/h6-11,19-21H,4-5,12H2,1-3H3,(H,27,33)/t19-,20+,21-,26+/m0/s1. The Morgan fingerprint density at radius 1 is 1.03 bits per heavy atom. The van der Waals surface area contributed by atoms with Gasteiger partial charge in [0.15, 0.2) is 5.78 Å². The molecule has 1 spiro atoms. The van der Waals surface area contributed by atoms with Crippen molar-refractivity contribution in [2.24, 2.45) is 11.8 Å². The third kappa shape index (κ3) is 2.33. The fourth-order valence-electron chi connectivity index (χ4n) is 6.62. The van der Waals surface area contributed by atoms with Gasteiger partial charge in [-0.15, -0.1) is 0 Å². The van der Waals surface area contributed by atoms with E-state index in [9.17, 15) is 19.2 Å². The highest BCUT2D eigenvalue weighted by molar-refractivity contribution is 6.26. The minimum absolute atomic E-state index is 0.0806. The van der Waals surface area contributed by atoms with E-state index in [2.05, 4.69) is 10.2 Å². The Bertz CT molecular complexity index is 1270. The fourth-order valence-corrected chi connectivity index (χ4v) is 6.62.